The Bertz CT molecular complexity index is 709. The lowest BCUT2D eigenvalue weighted by Gasteiger charge is -2.18. The number of benzene rings is 2. The molecule has 2 aromatic rings. The van der Waals surface area contributed by atoms with Gasteiger partial charge in [0.1, 0.15) is 11.5 Å². The van der Waals surface area contributed by atoms with Crippen LogP contribution in [0.3, 0.4) is 0 Å². The fourth-order valence-electron chi connectivity index (χ4n) is 2.89. The van der Waals surface area contributed by atoms with Crippen molar-refractivity contribution in [1.82, 2.24) is 0 Å². The van der Waals surface area contributed by atoms with Crippen LogP contribution in [0.2, 0.25) is 0 Å². The number of hydrogen-bond donors (Lipinski definition) is 0. The minimum atomic E-state index is 0.175. The first-order valence-electron chi connectivity index (χ1n) is 7.85. The molecule has 3 rings (SSSR count). The van der Waals surface area contributed by atoms with Crippen molar-refractivity contribution in [2.75, 3.05) is 20.5 Å². The maximum absolute atomic E-state index is 5.62. The Morgan fingerprint density at radius 2 is 1.83 bits per heavy atom. The van der Waals surface area contributed by atoms with Gasteiger partial charge in [0.15, 0.2) is 11.5 Å². The van der Waals surface area contributed by atoms with Gasteiger partial charge in [0, 0.05) is 17.5 Å². The maximum atomic E-state index is 5.62. The van der Waals surface area contributed by atoms with E-state index >= 15 is 0 Å². The van der Waals surface area contributed by atoms with Crippen molar-refractivity contribution >= 4 is 0 Å². The van der Waals surface area contributed by atoms with Crippen molar-refractivity contribution in [2.45, 2.75) is 26.7 Å². The summed E-state index contributed by atoms with van der Waals surface area (Å²) < 4.78 is 22.1. The van der Waals surface area contributed by atoms with Gasteiger partial charge in [-0.3, -0.25) is 0 Å². The summed E-state index contributed by atoms with van der Waals surface area (Å²) >= 11 is 0. The Hall–Kier alpha value is -2.36. The molecule has 0 saturated carbocycles. The first-order chi connectivity index (χ1) is 11.1. The van der Waals surface area contributed by atoms with E-state index in [-0.39, 0.29) is 12.7 Å². The lowest BCUT2D eigenvalue weighted by molar-refractivity contribution is 0.174. The second kappa shape index (κ2) is 6.41. The summed E-state index contributed by atoms with van der Waals surface area (Å²) in [5, 5.41) is 0. The van der Waals surface area contributed by atoms with Gasteiger partial charge in [0.2, 0.25) is 6.79 Å². The zero-order valence-electron chi connectivity index (χ0n) is 14.0. The van der Waals surface area contributed by atoms with Crippen LogP contribution in [0.15, 0.2) is 30.3 Å². The molecule has 1 atom stereocenters. The zero-order chi connectivity index (χ0) is 16.4. The third-order valence-electron chi connectivity index (χ3n) is 4.19. The fourth-order valence-corrected chi connectivity index (χ4v) is 2.89. The quantitative estimate of drug-likeness (QED) is 0.825. The molecule has 1 heterocycles. The molecular formula is C19H22O4. The van der Waals surface area contributed by atoms with Crippen molar-refractivity contribution in [3.8, 4) is 23.0 Å². The molecule has 0 radical (unpaired) electrons. The van der Waals surface area contributed by atoms with Crippen LogP contribution in [-0.2, 0) is 0 Å². The molecule has 0 spiro atoms. The molecule has 2 aromatic carbocycles. The molecule has 0 N–H and O–H groups in total. The third-order valence-corrected chi connectivity index (χ3v) is 4.19. The van der Waals surface area contributed by atoms with Gasteiger partial charge in [0.25, 0.3) is 0 Å². The van der Waals surface area contributed by atoms with Crippen LogP contribution in [0.5, 0.6) is 23.0 Å². The van der Waals surface area contributed by atoms with Crippen LogP contribution < -0.4 is 18.9 Å². The van der Waals surface area contributed by atoms with Crippen molar-refractivity contribution in [1.29, 1.82) is 0 Å². The van der Waals surface area contributed by atoms with Crippen LogP contribution >= 0.6 is 0 Å². The molecule has 0 bridgehead atoms. The molecule has 0 aromatic heterocycles. The highest BCUT2D eigenvalue weighted by Crippen LogP contribution is 2.42. The van der Waals surface area contributed by atoms with E-state index in [0.717, 1.165) is 34.1 Å². The van der Waals surface area contributed by atoms with Crippen molar-refractivity contribution < 1.29 is 18.9 Å². The van der Waals surface area contributed by atoms with Crippen LogP contribution in [0.1, 0.15) is 36.5 Å². The van der Waals surface area contributed by atoms with Gasteiger partial charge >= 0.3 is 0 Å². The summed E-state index contributed by atoms with van der Waals surface area (Å²) in [4.78, 5) is 0. The number of fused-ring (bicyclic) bond motifs is 1. The summed E-state index contributed by atoms with van der Waals surface area (Å²) in [6.07, 6.45) is 0. The second-order valence-corrected chi connectivity index (χ2v) is 5.63. The Labute approximate surface area is 136 Å². The molecule has 4 heteroatoms. The molecule has 122 valence electrons. The average molecular weight is 314 g/mol. The highest BCUT2D eigenvalue weighted by Gasteiger charge is 2.22. The summed E-state index contributed by atoms with van der Waals surface area (Å²) in [6.45, 7) is 7.16. The average Bonchev–Trinajstić information content (AvgIpc) is 3.02. The van der Waals surface area contributed by atoms with Crippen LogP contribution in [0.4, 0.5) is 0 Å². The van der Waals surface area contributed by atoms with E-state index in [9.17, 15) is 0 Å². The van der Waals surface area contributed by atoms with E-state index in [0.29, 0.717) is 6.61 Å². The van der Waals surface area contributed by atoms with E-state index in [1.807, 2.05) is 25.1 Å². The van der Waals surface area contributed by atoms with E-state index in [1.165, 1.54) is 5.56 Å². The number of hydrogen-bond acceptors (Lipinski definition) is 4. The van der Waals surface area contributed by atoms with Crippen molar-refractivity contribution in [3.63, 3.8) is 0 Å². The number of ether oxygens (including phenoxy) is 4. The standard InChI is InChI=1S/C19H22O4/c1-5-21-16-7-6-14(8-12(16)2)13(3)15-9-18-19(23-11-22-18)10-17(15)20-4/h6-10,13H,5,11H2,1-4H3/t13-/m0/s1. The highest BCUT2D eigenvalue weighted by atomic mass is 16.7. The molecule has 0 aliphatic carbocycles. The van der Waals surface area contributed by atoms with Crippen LogP contribution in [0, 0.1) is 6.92 Å². The van der Waals surface area contributed by atoms with E-state index in [4.69, 9.17) is 18.9 Å². The molecule has 0 unspecified atom stereocenters. The predicted octanol–water partition coefficient (Wildman–Crippen LogP) is 4.28. The first-order valence-corrected chi connectivity index (χ1v) is 7.85. The number of aryl methyl sites for hydroxylation is 1. The largest absolute Gasteiger partial charge is 0.496 e. The third kappa shape index (κ3) is 2.93. The maximum Gasteiger partial charge on any atom is 0.231 e. The van der Waals surface area contributed by atoms with Crippen molar-refractivity contribution in [2.24, 2.45) is 0 Å². The second-order valence-electron chi connectivity index (χ2n) is 5.63. The number of rotatable bonds is 5. The number of methoxy groups -OCH3 is 1. The van der Waals surface area contributed by atoms with Crippen LogP contribution in [0.25, 0.3) is 0 Å². The predicted molar refractivity (Wildman–Crippen MR) is 89.0 cm³/mol. The lowest BCUT2D eigenvalue weighted by Crippen LogP contribution is -2.01. The minimum Gasteiger partial charge on any atom is -0.496 e. The Kier molecular flexibility index (Phi) is 4.33. The molecular weight excluding hydrogens is 292 g/mol. The summed E-state index contributed by atoms with van der Waals surface area (Å²) in [7, 11) is 1.68. The van der Waals surface area contributed by atoms with Gasteiger partial charge in [-0.15, -0.1) is 0 Å². The summed E-state index contributed by atoms with van der Waals surface area (Å²) in [6, 6.07) is 10.2. The Morgan fingerprint density at radius 1 is 1.09 bits per heavy atom. The van der Waals surface area contributed by atoms with Gasteiger partial charge in [-0.1, -0.05) is 19.1 Å². The molecule has 1 aliphatic heterocycles. The molecule has 1 aliphatic rings. The topological polar surface area (TPSA) is 36.9 Å². The smallest absolute Gasteiger partial charge is 0.231 e. The Balaban J connectivity index is 1.97. The molecule has 23 heavy (non-hydrogen) atoms. The minimum absolute atomic E-state index is 0.175. The van der Waals surface area contributed by atoms with Gasteiger partial charge in [-0.25, -0.2) is 0 Å². The fraction of sp³-hybridized carbons (Fsp3) is 0.368. The van der Waals surface area contributed by atoms with E-state index < -0.39 is 0 Å². The van der Waals surface area contributed by atoms with Gasteiger partial charge < -0.3 is 18.9 Å². The zero-order valence-corrected chi connectivity index (χ0v) is 14.0. The van der Waals surface area contributed by atoms with E-state index in [1.54, 1.807) is 7.11 Å². The SMILES string of the molecule is CCOc1ccc([C@H](C)c2cc3c(cc2OC)OCO3)cc1C. The molecule has 0 fully saturated rings. The molecule has 4 nitrogen and oxygen atoms in total. The highest BCUT2D eigenvalue weighted by molar-refractivity contribution is 5.55. The Morgan fingerprint density at radius 3 is 2.48 bits per heavy atom. The summed E-state index contributed by atoms with van der Waals surface area (Å²) in [5.41, 5.74) is 3.43. The molecule has 0 saturated heterocycles. The monoisotopic (exact) mass is 314 g/mol. The van der Waals surface area contributed by atoms with Gasteiger partial charge in [-0.05, 0) is 37.1 Å². The van der Waals surface area contributed by atoms with Crippen LogP contribution in [-0.4, -0.2) is 20.5 Å². The van der Waals surface area contributed by atoms with E-state index in [2.05, 4.69) is 26.0 Å². The van der Waals surface area contributed by atoms with Gasteiger partial charge in [0.05, 0.1) is 13.7 Å². The normalized spacial score (nSPS) is 13.7. The molecule has 0 amide bonds. The van der Waals surface area contributed by atoms with Gasteiger partial charge in [-0.2, -0.15) is 0 Å². The van der Waals surface area contributed by atoms with Crippen molar-refractivity contribution in [3.05, 3.63) is 47.0 Å². The first kappa shape index (κ1) is 15.5. The lowest BCUT2D eigenvalue weighted by atomic mass is 9.91. The summed E-state index contributed by atoms with van der Waals surface area (Å²) in [5.74, 6) is 3.43.